The third-order valence-electron chi connectivity index (χ3n) is 3.00. The Morgan fingerprint density at radius 3 is 2.17 bits per heavy atom. The van der Waals surface area contributed by atoms with Crippen LogP contribution in [0.1, 0.15) is 26.3 Å². The minimum atomic E-state index is 0.0215. The van der Waals surface area contributed by atoms with E-state index in [-0.39, 0.29) is 17.4 Å². The highest BCUT2D eigenvalue weighted by molar-refractivity contribution is 6.01. The summed E-state index contributed by atoms with van der Waals surface area (Å²) in [5, 5.41) is 29.6. The summed E-state index contributed by atoms with van der Waals surface area (Å²) < 4.78 is 0. The van der Waals surface area contributed by atoms with Crippen molar-refractivity contribution in [3.63, 3.8) is 0 Å². The molecular formula is C15H21N7O2. The van der Waals surface area contributed by atoms with Crippen LogP contribution in [0.25, 0.3) is 0 Å². The summed E-state index contributed by atoms with van der Waals surface area (Å²) in [6, 6.07) is 4.23. The molecule has 1 heterocycles. The zero-order valence-corrected chi connectivity index (χ0v) is 13.8. The molecule has 9 heteroatoms. The van der Waals surface area contributed by atoms with Gasteiger partial charge in [-0.3, -0.25) is 0 Å². The second kappa shape index (κ2) is 7.95. The van der Waals surface area contributed by atoms with Gasteiger partial charge < -0.3 is 20.8 Å². The molecule has 0 unspecified atom stereocenters. The number of hydrogen-bond acceptors (Lipinski definition) is 9. The van der Waals surface area contributed by atoms with Crippen molar-refractivity contribution in [2.24, 2.45) is 5.10 Å². The number of hydrogen-bond donors (Lipinski definition) is 5. The van der Waals surface area contributed by atoms with Gasteiger partial charge in [-0.1, -0.05) is 0 Å². The van der Waals surface area contributed by atoms with Crippen LogP contribution < -0.4 is 16.1 Å². The molecule has 0 amide bonds. The number of hydrazone groups is 1. The van der Waals surface area contributed by atoms with E-state index >= 15 is 0 Å². The second-order valence-corrected chi connectivity index (χ2v) is 4.88. The van der Waals surface area contributed by atoms with E-state index in [1.165, 1.54) is 18.2 Å². The van der Waals surface area contributed by atoms with E-state index in [1.54, 1.807) is 6.92 Å². The van der Waals surface area contributed by atoms with Crippen molar-refractivity contribution >= 4 is 23.6 Å². The van der Waals surface area contributed by atoms with Gasteiger partial charge in [0, 0.05) is 18.7 Å². The minimum absolute atomic E-state index is 0.0215. The highest BCUT2D eigenvalue weighted by Crippen LogP contribution is 2.22. The molecule has 0 aliphatic carbocycles. The van der Waals surface area contributed by atoms with Gasteiger partial charge in [0.05, 0.1) is 5.71 Å². The molecule has 0 atom stereocenters. The quantitative estimate of drug-likeness (QED) is 0.296. The number of aromatic nitrogens is 3. The Hall–Kier alpha value is -3.10. The summed E-state index contributed by atoms with van der Waals surface area (Å²) in [6.07, 6.45) is 0. The van der Waals surface area contributed by atoms with Gasteiger partial charge in [-0.25, -0.2) is 5.43 Å². The van der Waals surface area contributed by atoms with Gasteiger partial charge in [-0.05, 0) is 39.0 Å². The SMILES string of the molecule is CCNc1nc(NCC)nc(N/N=C(\C)c2cc(O)ccc2O)n1. The topological polar surface area (TPSA) is 128 Å². The van der Waals surface area contributed by atoms with E-state index in [0.29, 0.717) is 36.3 Å². The molecule has 0 radical (unpaired) electrons. The first-order valence-electron chi connectivity index (χ1n) is 7.60. The zero-order chi connectivity index (χ0) is 17.5. The molecule has 1 aromatic heterocycles. The number of nitrogens with one attached hydrogen (secondary N) is 3. The predicted octanol–water partition coefficient (Wildman–Crippen LogP) is 1.98. The maximum absolute atomic E-state index is 9.85. The predicted molar refractivity (Wildman–Crippen MR) is 93.8 cm³/mol. The maximum atomic E-state index is 9.85. The van der Waals surface area contributed by atoms with Crippen molar-refractivity contribution in [3.05, 3.63) is 23.8 Å². The van der Waals surface area contributed by atoms with Gasteiger partial charge in [-0.2, -0.15) is 20.1 Å². The maximum Gasteiger partial charge on any atom is 0.250 e. The number of phenolic OH excluding ortho intramolecular Hbond substituents is 2. The summed E-state index contributed by atoms with van der Waals surface area (Å²) in [5.74, 6) is 1.18. The average Bonchev–Trinajstić information content (AvgIpc) is 2.55. The number of benzene rings is 1. The largest absolute Gasteiger partial charge is 0.508 e. The molecule has 0 saturated carbocycles. The van der Waals surface area contributed by atoms with Crippen LogP contribution >= 0.6 is 0 Å². The Morgan fingerprint density at radius 1 is 1.00 bits per heavy atom. The van der Waals surface area contributed by atoms with E-state index in [2.05, 4.69) is 36.1 Å². The molecule has 24 heavy (non-hydrogen) atoms. The third-order valence-corrected chi connectivity index (χ3v) is 3.00. The molecule has 0 aliphatic rings. The van der Waals surface area contributed by atoms with Crippen LogP contribution in [0, 0.1) is 0 Å². The van der Waals surface area contributed by atoms with E-state index in [1.807, 2.05) is 13.8 Å². The van der Waals surface area contributed by atoms with Crippen LogP contribution in [0.3, 0.4) is 0 Å². The number of aromatic hydroxyl groups is 2. The fourth-order valence-corrected chi connectivity index (χ4v) is 1.91. The van der Waals surface area contributed by atoms with Crippen LogP contribution in [0.15, 0.2) is 23.3 Å². The number of anilines is 3. The lowest BCUT2D eigenvalue weighted by atomic mass is 10.1. The smallest absolute Gasteiger partial charge is 0.250 e. The molecule has 2 rings (SSSR count). The molecule has 5 N–H and O–H groups in total. The fourth-order valence-electron chi connectivity index (χ4n) is 1.91. The normalized spacial score (nSPS) is 11.2. The first kappa shape index (κ1) is 17.3. The second-order valence-electron chi connectivity index (χ2n) is 4.88. The molecule has 0 bridgehead atoms. The standard InChI is InChI=1S/C15H21N7O2/c1-4-16-13-18-14(17-5-2)20-15(19-13)22-21-9(3)11-8-10(23)6-7-12(11)24/h6-8,23-24H,4-5H2,1-3H3,(H3,16,17,18,19,20,22)/b21-9+. The Labute approximate surface area is 139 Å². The first-order valence-corrected chi connectivity index (χ1v) is 7.60. The van der Waals surface area contributed by atoms with E-state index in [9.17, 15) is 10.2 Å². The molecule has 128 valence electrons. The van der Waals surface area contributed by atoms with Crippen molar-refractivity contribution in [1.82, 2.24) is 15.0 Å². The molecule has 9 nitrogen and oxygen atoms in total. The Kier molecular flexibility index (Phi) is 5.72. The summed E-state index contributed by atoms with van der Waals surface area (Å²) in [7, 11) is 0. The van der Waals surface area contributed by atoms with Crippen LogP contribution in [0.2, 0.25) is 0 Å². The monoisotopic (exact) mass is 331 g/mol. The van der Waals surface area contributed by atoms with Crippen molar-refractivity contribution in [2.75, 3.05) is 29.1 Å². The van der Waals surface area contributed by atoms with E-state index in [4.69, 9.17) is 0 Å². The Bertz CT molecular complexity index is 710. The minimum Gasteiger partial charge on any atom is -0.508 e. The summed E-state index contributed by atoms with van der Waals surface area (Å²) in [6.45, 7) is 6.93. The lowest BCUT2D eigenvalue weighted by Crippen LogP contribution is -2.11. The van der Waals surface area contributed by atoms with Crippen LogP contribution in [-0.4, -0.2) is 44.0 Å². The summed E-state index contributed by atoms with van der Waals surface area (Å²) in [5.41, 5.74) is 3.62. The lowest BCUT2D eigenvalue weighted by Gasteiger charge is -2.09. The number of rotatable bonds is 7. The number of nitrogens with zero attached hydrogens (tertiary/aromatic N) is 4. The van der Waals surface area contributed by atoms with Crippen LogP contribution in [-0.2, 0) is 0 Å². The molecule has 2 aromatic rings. The van der Waals surface area contributed by atoms with Crippen molar-refractivity contribution in [2.45, 2.75) is 20.8 Å². The third kappa shape index (κ3) is 4.45. The van der Waals surface area contributed by atoms with Gasteiger partial charge in [0.1, 0.15) is 11.5 Å². The Balaban J connectivity index is 2.24. The van der Waals surface area contributed by atoms with Crippen LogP contribution in [0.5, 0.6) is 11.5 Å². The van der Waals surface area contributed by atoms with Crippen molar-refractivity contribution in [1.29, 1.82) is 0 Å². The van der Waals surface area contributed by atoms with Crippen molar-refractivity contribution in [3.8, 4) is 11.5 Å². The highest BCUT2D eigenvalue weighted by atomic mass is 16.3. The lowest BCUT2D eigenvalue weighted by molar-refractivity contribution is 0.459. The van der Waals surface area contributed by atoms with E-state index in [0.717, 1.165) is 0 Å². The van der Waals surface area contributed by atoms with Gasteiger partial charge in [0.2, 0.25) is 17.8 Å². The molecule has 0 spiro atoms. The zero-order valence-electron chi connectivity index (χ0n) is 13.8. The van der Waals surface area contributed by atoms with Crippen LogP contribution in [0.4, 0.5) is 17.8 Å². The van der Waals surface area contributed by atoms with Gasteiger partial charge in [0.15, 0.2) is 0 Å². The molecule has 0 aliphatic heterocycles. The summed E-state index contributed by atoms with van der Waals surface area (Å²) >= 11 is 0. The average molecular weight is 331 g/mol. The first-order chi connectivity index (χ1) is 11.5. The molecule has 1 aromatic carbocycles. The highest BCUT2D eigenvalue weighted by Gasteiger charge is 2.08. The molecule has 0 fully saturated rings. The molecular weight excluding hydrogens is 310 g/mol. The number of phenols is 2. The molecule has 0 saturated heterocycles. The van der Waals surface area contributed by atoms with Gasteiger partial charge in [-0.15, -0.1) is 0 Å². The Morgan fingerprint density at radius 2 is 1.58 bits per heavy atom. The van der Waals surface area contributed by atoms with Gasteiger partial charge >= 0.3 is 0 Å². The summed E-state index contributed by atoms with van der Waals surface area (Å²) in [4.78, 5) is 12.6. The van der Waals surface area contributed by atoms with Gasteiger partial charge in [0.25, 0.3) is 0 Å². The van der Waals surface area contributed by atoms with E-state index < -0.39 is 0 Å². The van der Waals surface area contributed by atoms with Crippen molar-refractivity contribution < 1.29 is 10.2 Å². The fraction of sp³-hybridized carbons (Fsp3) is 0.333.